The first-order valence-corrected chi connectivity index (χ1v) is 9.00. The molecule has 0 saturated heterocycles. The van der Waals surface area contributed by atoms with Gasteiger partial charge in [0, 0.05) is 10.5 Å². The van der Waals surface area contributed by atoms with Crippen LogP contribution in [0.3, 0.4) is 0 Å². The highest BCUT2D eigenvalue weighted by Crippen LogP contribution is 2.21. The van der Waals surface area contributed by atoms with E-state index in [9.17, 15) is 14.9 Å². The lowest BCUT2D eigenvalue weighted by atomic mass is 10.2. The standard InChI is InChI=1S/C20H18N4O5/c25-19(21-16-10-23-11-18(24(26)27)22-20(23)29-13-16)15-6-8-17(9-7-15)28-12-14-4-2-1-3-5-14/h1-9,11,16H,10,12-13H2,(H,21,25)/t16-/m0/s1. The van der Waals surface area contributed by atoms with Gasteiger partial charge in [-0.05, 0) is 34.8 Å². The number of benzene rings is 2. The smallest absolute Gasteiger partial charge is 0.414 e. The maximum Gasteiger partial charge on any atom is 0.414 e. The molecular formula is C20H18N4O5. The Morgan fingerprint density at radius 2 is 2.00 bits per heavy atom. The number of aromatic nitrogens is 2. The molecule has 2 heterocycles. The molecule has 148 valence electrons. The van der Waals surface area contributed by atoms with Crippen molar-refractivity contribution >= 4 is 11.7 Å². The first kappa shape index (κ1) is 18.5. The lowest BCUT2D eigenvalue weighted by molar-refractivity contribution is -0.389. The van der Waals surface area contributed by atoms with Crippen LogP contribution in [0.25, 0.3) is 0 Å². The van der Waals surface area contributed by atoms with Crippen molar-refractivity contribution in [2.45, 2.75) is 19.2 Å². The summed E-state index contributed by atoms with van der Waals surface area (Å²) in [6.45, 7) is 0.990. The highest BCUT2D eigenvalue weighted by molar-refractivity contribution is 5.94. The van der Waals surface area contributed by atoms with Gasteiger partial charge in [-0.15, -0.1) is 0 Å². The number of hydrogen-bond donors (Lipinski definition) is 1. The third kappa shape index (κ3) is 4.34. The zero-order chi connectivity index (χ0) is 20.2. The van der Waals surface area contributed by atoms with Gasteiger partial charge in [-0.3, -0.25) is 9.36 Å². The van der Waals surface area contributed by atoms with Crippen molar-refractivity contribution in [3.63, 3.8) is 0 Å². The number of carbonyl (C=O) groups is 1. The minimum absolute atomic E-state index is 0.183. The van der Waals surface area contributed by atoms with Crippen LogP contribution >= 0.6 is 0 Å². The molecule has 1 amide bonds. The van der Waals surface area contributed by atoms with Crippen LogP contribution < -0.4 is 14.8 Å². The molecule has 0 saturated carbocycles. The second-order valence-corrected chi connectivity index (χ2v) is 6.57. The number of rotatable bonds is 6. The Balaban J connectivity index is 1.33. The van der Waals surface area contributed by atoms with Gasteiger partial charge in [0.15, 0.2) is 0 Å². The van der Waals surface area contributed by atoms with E-state index < -0.39 is 4.92 Å². The molecule has 4 rings (SSSR count). The van der Waals surface area contributed by atoms with Crippen molar-refractivity contribution in [2.24, 2.45) is 0 Å². The average molecular weight is 394 g/mol. The van der Waals surface area contributed by atoms with E-state index in [0.29, 0.717) is 24.5 Å². The zero-order valence-corrected chi connectivity index (χ0v) is 15.4. The number of fused-ring (bicyclic) bond motifs is 1. The van der Waals surface area contributed by atoms with Crippen molar-refractivity contribution in [2.75, 3.05) is 6.61 Å². The molecule has 0 fully saturated rings. The van der Waals surface area contributed by atoms with Crippen LogP contribution in [0.1, 0.15) is 15.9 Å². The summed E-state index contributed by atoms with van der Waals surface area (Å²) in [5, 5.41) is 13.7. The summed E-state index contributed by atoms with van der Waals surface area (Å²) < 4.78 is 12.7. The summed E-state index contributed by atoms with van der Waals surface area (Å²) in [4.78, 5) is 26.5. The maximum atomic E-state index is 12.5. The molecule has 0 aliphatic carbocycles. The van der Waals surface area contributed by atoms with Gasteiger partial charge in [-0.25, -0.2) is 0 Å². The quantitative estimate of drug-likeness (QED) is 0.508. The Bertz CT molecular complexity index is 1020. The van der Waals surface area contributed by atoms with Gasteiger partial charge < -0.3 is 24.9 Å². The molecule has 9 nitrogen and oxygen atoms in total. The number of ether oxygens (including phenoxy) is 2. The molecule has 1 aromatic heterocycles. The number of amides is 1. The number of nitrogens with one attached hydrogen (secondary N) is 1. The summed E-state index contributed by atoms with van der Waals surface area (Å²) in [6, 6.07) is 16.5. The van der Waals surface area contributed by atoms with Crippen molar-refractivity contribution in [1.29, 1.82) is 0 Å². The highest BCUT2D eigenvalue weighted by atomic mass is 16.6. The van der Waals surface area contributed by atoms with Gasteiger partial charge in [0.2, 0.25) is 0 Å². The van der Waals surface area contributed by atoms with Gasteiger partial charge in [-0.2, -0.15) is 0 Å². The molecule has 1 N–H and O–H groups in total. The van der Waals surface area contributed by atoms with Crippen molar-refractivity contribution in [3.05, 3.63) is 82.0 Å². The third-order valence-electron chi connectivity index (χ3n) is 4.45. The van der Waals surface area contributed by atoms with E-state index in [2.05, 4.69) is 10.3 Å². The molecule has 29 heavy (non-hydrogen) atoms. The second-order valence-electron chi connectivity index (χ2n) is 6.57. The predicted octanol–water partition coefficient (Wildman–Crippen LogP) is 2.56. The Labute approximate surface area is 166 Å². The Hall–Kier alpha value is -3.88. The lowest BCUT2D eigenvalue weighted by Crippen LogP contribution is -2.44. The van der Waals surface area contributed by atoms with Crippen LogP contribution in [0.4, 0.5) is 5.82 Å². The van der Waals surface area contributed by atoms with Crippen LogP contribution in [0.15, 0.2) is 60.8 Å². The highest BCUT2D eigenvalue weighted by Gasteiger charge is 2.28. The predicted molar refractivity (Wildman–Crippen MR) is 103 cm³/mol. The van der Waals surface area contributed by atoms with Crippen LogP contribution in [-0.4, -0.2) is 33.0 Å². The molecule has 1 atom stereocenters. The summed E-state index contributed by atoms with van der Waals surface area (Å²) in [7, 11) is 0. The molecule has 1 aliphatic rings. The first-order chi connectivity index (χ1) is 14.1. The summed E-state index contributed by atoms with van der Waals surface area (Å²) in [6.07, 6.45) is 1.30. The lowest BCUT2D eigenvalue weighted by Gasteiger charge is -2.23. The Morgan fingerprint density at radius 1 is 1.24 bits per heavy atom. The number of nitro groups is 1. The largest absolute Gasteiger partial charge is 0.489 e. The molecule has 9 heteroatoms. The van der Waals surface area contributed by atoms with Gasteiger partial charge in [0.05, 0.1) is 12.6 Å². The number of hydrogen-bond acceptors (Lipinski definition) is 6. The monoisotopic (exact) mass is 394 g/mol. The SMILES string of the molecule is O=C(N[C@@H]1COc2nc([N+](=O)[O-])cn2C1)c1ccc(OCc2ccccc2)cc1. The molecule has 0 bridgehead atoms. The topological polar surface area (TPSA) is 109 Å². The second kappa shape index (κ2) is 8.01. The fourth-order valence-corrected chi connectivity index (χ4v) is 2.98. The number of nitrogens with zero attached hydrogens (tertiary/aromatic N) is 3. The van der Waals surface area contributed by atoms with E-state index in [0.717, 1.165) is 5.56 Å². The summed E-state index contributed by atoms with van der Waals surface area (Å²) in [5.74, 6) is 0.131. The van der Waals surface area contributed by atoms with E-state index >= 15 is 0 Å². The minimum Gasteiger partial charge on any atom is -0.489 e. The first-order valence-electron chi connectivity index (χ1n) is 9.00. The van der Waals surface area contributed by atoms with Crippen LogP contribution in [-0.2, 0) is 13.2 Å². The fraction of sp³-hybridized carbons (Fsp3) is 0.200. The van der Waals surface area contributed by atoms with Gasteiger partial charge >= 0.3 is 11.8 Å². The van der Waals surface area contributed by atoms with Crippen LogP contribution in [0, 0.1) is 10.1 Å². The molecule has 0 unspecified atom stereocenters. The molecular weight excluding hydrogens is 376 g/mol. The van der Waals surface area contributed by atoms with Crippen LogP contribution in [0.5, 0.6) is 11.8 Å². The maximum absolute atomic E-state index is 12.5. The Kier molecular flexibility index (Phi) is 5.10. The van der Waals surface area contributed by atoms with Crippen molar-refractivity contribution in [3.8, 4) is 11.8 Å². The van der Waals surface area contributed by atoms with E-state index in [1.54, 1.807) is 24.3 Å². The molecule has 3 aromatic rings. The fourth-order valence-electron chi connectivity index (χ4n) is 2.98. The van der Waals surface area contributed by atoms with Gasteiger partial charge in [0.1, 0.15) is 25.2 Å². The molecule has 0 radical (unpaired) electrons. The van der Waals surface area contributed by atoms with E-state index in [4.69, 9.17) is 9.47 Å². The van der Waals surface area contributed by atoms with E-state index in [1.807, 2.05) is 30.3 Å². The minimum atomic E-state index is -0.580. The molecule has 0 spiro atoms. The Morgan fingerprint density at radius 3 is 2.72 bits per heavy atom. The summed E-state index contributed by atoms with van der Waals surface area (Å²) in [5.41, 5.74) is 1.55. The van der Waals surface area contributed by atoms with Crippen molar-refractivity contribution < 1.29 is 19.2 Å². The normalized spacial score (nSPS) is 15.1. The van der Waals surface area contributed by atoms with Crippen molar-refractivity contribution in [1.82, 2.24) is 14.9 Å². The number of carbonyl (C=O) groups excluding carboxylic acids is 1. The molecule has 1 aliphatic heterocycles. The summed E-state index contributed by atoms with van der Waals surface area (Å²) >= 11 is 0. The number of imidazole rings is 1. The third-order valence-corrected chi connectivity index (χ3v) is 4.45. The van der Waals surface area contributed by atoms with Gasteiger partial charge in [-0.1, -0.05) is 30.3 Å². The van der Waals surface area contributed by atoms with E-state index in [1.165, 1.54) is 10.8 Å². The molecule has 2 aromatic carbocycles. The van der Waals surface area contributed by atoms with Gasteiger partial charge in [0.25, 0.3) is 5.91 Å². The van der Waals surface area contributed by atoms with Crippen LogP contribution in [0.2, 0.25) is 0 Å². The average Bonchev–Trinajstić information content (AvgIpc) is 3.17. The van der Waals surface area contributed by atoms with E-state index in [-0.39, 0.29) is 30.4 Å². The zero-order valence-electron chi connectivity index (χ0n) is 15.4.